The first-order valence-electron chi connectivity index (χ1n) is 10.4. The summed E-state index contributed by atoms with van der Waals surface area (Å²) in [5, 5.41) is 7.27. The standard InChI is InChI=1S/C25H19N3O5/c29-22(17-8-10-19-16(13-17)9-11-24(30)26-19)15-33-25(31)21-14-20(23-7-4-12-32-23)27-28(21)18-5-2-1-3-6-18/h1-8,10,12-14H,9,11,15H2,(H,26,30). The molecule has 164 valence electrons. The lowest BCUT2D eigenvalue weighted by Gasteiger charge is -2.17. The van der Waals surface area contributed by atoms with Crippen molar-refractivity contribution in [3.05, 3.63) is 89.8 Å². The van der Waals surface area contributed by atoms with Crippen LogP contribution in [-0.2, 0) is 16.0 Å². The number of ketones is 1. The van der Waals surface area contributed by atoms with Crippen LogP contribution in [-0.4, -0.2) is 34.0 Å². The van der Waals surface area contributed by atoms with Crippen LogP contribution in [0.1, 0.15) is 32.8 Å². The van der Waals surface area contributed by atoms with Gasteiger partial charge < -0.3 is 14.5 Å². The summed E-state index contributed by atoms with van der Waals surface area (Å²) in [7, 11) is 0. The van der Waals surface area contributed by atoms with E-state index in [-0.39, 0.29) is 17.4 Å². The SMILES string of the molecule is O=C1CCc2cc(C(=O)COC(=O)c3cc(-c4ccco4)nn3-c3ccccc3)ccc2N1. The van der Waals surface area contributed by atoms with Crippen LogP contribution in [0.2, 0.25) is 0 Å². The van der Waals surface area contributed by atoms with Gasteiger partial charge in [-0.1, -0.05) is 18.2 Å². The molecule has 5 rings (SSSR count). The Hall–Kier alpha value is -4.46. The number of anilines is 1. The van der Waals surface area contributed by atoms with Gasteiger partial charge in [0, 0.05) is 23.7 Å². The minimum Gasteiger partial charge on any atom is -0.463 e. The molecule has 33 heavy (non-hydrogen) atoms. The van der Waals surface area contributed by atoms with Crippen LogP contribution in [0.15, 0.2) is 77.4 Å². The Morgan fingerprint density at radius 3 is 2.67 bits per heavy atom. The number of Topliss-reactive ketones (excluding diaryl/α,β-unsaturated/α-hetero) is 1. The molecule has 1 amide bonds. The van der Waals surface area contributed by atoms with Crippen LogP contribution in [0.4, 0.5) is 5.69 Å². The van der Waals surface area contributed by atoms with E-state index in [0.717, 1.165) is 5.56 Å². The molecule has 2 aromatic carbocycles. The lowest BCUT2D eigenvalue weighted by atomic mass is 9.99. The number of rotatable bonds is 6. The number of nitrogens with one attached hydrogen (secondary N) is 1. The monoisotopic (exact) mass is 441 g/mol. The number of amides is 1. The van der Waals surface area contributed by atoms with Crippen LogP contribution in [0, 0.1) is 0 Å². The topological polar surface area (TPSA) is 103 Å². The average molecular weight is 441 g/mol. The molecule has 0 atom stereocenters. The van der Waals surface area contributed by atoms with Crippen molar-refractivity contribution in [3.63, 3.8) is 0 Å². The fourth-order valence-electron chi connectivity index (χ4n) is 3.68. The zero-order valence-corrected chi connectivity index (χ0v) is 17.5. The molecule has 1 aliphatic heterocycles. The van der Waals surface area contributed by atoms with E-state index >= 15 is 0 Å². The minimum absolute atomic E-state index is 0.0422. The summed E-state index contributed by atoms with van der Waals surface area (Å²) < 4.78 is 12.2. The van der Waals surface area contributed by atoms with E-state index in [2.05, 4.69) is 10.4 Å². The number of fused-ring (bicyclic) bond motifs is 1. The molecule has 2 aromatic heterocycles. The van der Waals surface area contributed by atoms with Gasteiger partial charge in [-0.05, 0) is 54.4 Å². The lowest BCUT2D eigenvalue weighted by Crippen LogP contribution is -2.20. The molecule has 0 fully saturated rings. The molecule has 1 N–H and O–H groups in total. The summed E-state index contributed by atoms with van der Waals surface area (Å²) in [4.78, 5) is 37.1. The van der Waals surface area contributed by atoms with Gasteiger partial charge >= 0.3 is 5.97 Å². The number of nitrogens with zero attached hydrogens (tertiary/aromatic N) is 2. The van der Waals surface area contributed by atoms with Gasteiger partial charge in [0.25, 0.3) is 0 Å². The summed E-state index contributed by atoms with van der Waals surface area (Å²) in [6.07, 6.45) is 2.46. The third-order valence-corrected chi connectivity index (χ3v) is 5.35. The van der Waals surface area contributed by atoms with Gasteiger partial charge in [-0.3, -0.25) is 9.59 Å². The van der Waals surface area contributed by atoms with Crippen LogP contribution in [0.25, 0.3) is 17.1 Å². The fraction of sp³-hybridized carbons (Fsp3) is 0.120. The van der Waals surface area contributed by atoms with E-state index in [1.54, 1.807) is 36.4 Å². The number of para-hydroxylation sites is 1. The average Bonchev–Trinajstić information content (AvgIpc) is 3.53. The van der Waals surface area contributed by atoms with Crippen molar-refractivity contribution in [1.29, 1.82) is 0 Å². The van der Waals surface area contributed by atoms with Gasteiger partial charge in [0.2, 0.25) is 5.91 Å². The molecule has 0 bridgehead atoms. The molecule has 0 spiro atoms. The van der Waals surface area contributed by atoms with Crippen LogP contribution in [0.3, 0.4) is 0 Å². The second-order valence-corrected chi connectivity index (χ2v) is 7.56. The molecule has 0 aliphatic carbocycles. The quantitative estimate of drug-likeness (QED) is 0.358. The zero-order valence-electron chi connectivity index (χ0n) is 17.5. The molecule has 4 aromatic rings. The second kappa shape index (κ2) is 8.58. The predicted octanol–water partition coefficient (Wildman–Crippen LogP) is 4.06. The lowest BCUT2D eigenvalue weighted by molar-refractivity contribution is -0.116. The van der Waals surface area contributed by atoms with Gasteiger partial charge in [-0.15, -0.1) is 0 Å². The van der Waals surface area contributed by atoms with E-state index in [1.165, 1.54) is 10.9 Å². The third-order valence-electron chi connectivity index (χ3n) is 5.35. The zero-order chi connectivity index (χ0) is 22.8. The van der Waals surface area contributed by atoms with E-state index in [1.807, 2.05) is 30.3 Å². The Morgan fingerprint density at radius 1 is 1.03 bits per heavy atom. The smallest absolute Gasteiger partial charge is 0.357 e. The number of hydrogen-bond acceptors (Lipinski definition) is 6. The molecular formula is C25H19N3O5. The Balaban J connectivity index is 1.35. The number of ether oxygens (including phenoxy) is 1. The summed E-state index contributed by atoms with van der Waals surface area (Å²) >= 11 is 0. The highest BCUT2D eigenvalue weighted by Crippen LogP contribution is 2.25. The summed E-state index contributed by atoms with van der Waals surface area (Å²) in [6.45, 7) is -0.417. The summed E-state index contributed by atoms with van der Waals surface area (Å²) in [6, 6.07) is 19.2. The molecular weight excluding hydrogens is 422 g/mol. The van der Waals surface area contributed by atoms with Crippen LogP contribution < -0.4 is 5.32 Å². The van der Waals surface area contributed by atoms with Crippen molar-refractivity contribution in [1.82, 2.24) is 9.78 Å². The second-order valence-electron chi connectivity index (χ2n) is 7.56. The van der Waals surface area contributed by atoms with E-state index in [0.29, 0.717) is 41.2 Å². The van der Waals surface area contributed by atoms with E-state index in [4.69, 9.17) is 9.15 Å². The molecule has 8 heteroatoms. The Labute approximate surface area is 188 Å². The molecule has 0 saturated carbocycles. The first kappa shape index (κ1) is 20.4. The maximum atomic E-state index is 12.9. The van der Waals surface area contributed by atoms with Gasteiger partial charge in [-0.2, -0.15) is 5.10 Å². The normalized spacial score (nSPS) is 12.7. The highest BCUT2D eigenvalue weighted by Gasteiger charge is 2.22. The number of carbonyl (C=O) groups is 3. The highest BCUT2D eigenvalue weighted by molar-refractivity contribution is 6.01. The van der Waals surface area contributed by atoms with Gasteiger partial charge in [0.1, 0.15) is 5.69 Å². The van der Waals surface area contributed by atoms with Crippen molar-refractivity contribution in [2.45, 2.75) is 12.8 Å². The van der Waals surface area contributed by atoms with Gasteiger partial charge in [-0.25, -0.2) is 9.48 Å². The van der Waals surface area contributed by atoms with Crippen molar-refractivity contribution >= 4 is 23.3 Å². The number of aromatic nitrogens is 2. The van der Waals surface area contributed by atoms with Gasteiger partial charge in [0.05, 0.1) is 12.0 Å². The van der Waals surface area contributed by atoms with Gasteiger partial charge in [0.15, 0.2) is 23.8 Å². The van der Waals surface area contributed by atoms with Crippen LogP contribution >= 0.6 is 0 Å². The largest absolute Gasteiger partial charge is 0.463 e. The number of furan rings is 1. The number of carbonyl (C=O) groups excluding carboxylic acids is 3. The predicted molar refractivity (Wildman–Crippen MR) is 119 cm³/mol. The van der Waals surface area contributed by atoms with Crippen molar-refractivity contribution in [2.75, 3.05) is 11.9 Å². The number of aryl methyl sites for hydroxylation is 1. The Kier molecular flexibility index (Phi) is 5.32. The molecule has 0 radical (unpaired) electrons. The van der Waals surface area contributed by atoms with Crippen LogP contribution in [0.5, 0.6) is 0 Å². The first-order valence-corrected chi connectivity index (χ1v) is 10.4. The van der Waals surface area contributed by atoms with Crippen molar-refractivity contribution in [2.24, 2.45) is 0 Å². The molecule has 3 heterocycles. The third kappa shape index (κ3) is 4.18. The fourth-order valence-corrected chi connectivity index (χ4v) is 3.68. The van der Waals surface area contributed by atoms with Crippen molar-refractivity contribution < 1.29 is 23.5 Å². The maximum Gasteiger partial charge on any atom is 0.357 e. The number of hydrogen-bond donors (Lipinski definition) is 1. The first-order chi connectivity index (χ1) is 16.1. The Bertz CT molecular complexity index is 1340. The summed E-state index contributed by atoms with van der Waals surface area (Å²) in [5.74, 6) is -0.543. The number of esters is 1. The number of benzene rings is 2. The molecule has 8 nitrogen and oxygen atoms in total. The maximum absolute atomic E-state index is 12.9. The Morgan fingerprint density at radius 2 is 1.88 bits per heavy atom. The molecule has 1 aliphatic rings. The molecule has 0 saturated heterocycles. The van der Waals surface area contributed by atoms with E-state index < -0.39 is 12.6 Å². The minimum atomic E-state index is -0.678. The summed E-state index contributed by atoms with van der Waals surface area (Å²) in [5.41, 5.74) is 3.33. The molecule has 0 unspecified atom stereocenters. The highest BCUT2D eigenvalue weighted by atomic mass is 16.5. The van der Waals surface area contributed by atoms with E-state index in [9.17, 15) is 14.4 Å². The van der Waals surface area contributed by atoms with Crippen molar-refractivity contribution in [3.8, 4) is 17.1 Å².